The Bertz CT molecular complexity index is 1020. The number of urea groups is 1. The Morgan fingerprint density at radius 3 is 2.28 bits per heavy atom. The van der Waals surface area contributed by atoms with Crippen LogP contribution in [0.3, 0.4) is 0 Å². The summed E-state index contributed by atoms with van der Waals surface area (Å²) in [6.45, 7) is 5.50. The van der Waals surface area contributed by atoms with Gasteiger partial charge in [-0.25, -0.2) is 15.1 Å². The summed E-state index contributed by atoms with van der Waals surface area (Å²) in [6, 6.07) is 12.4. The normalized spacial score (nSPS) is 14.2. The number of nitrogens with one attached hydrogen (secondary N) is 1. The van der Waals surface area contributed by atoms with Crippen molar-refractivity contribution < 1.29 is 42.6 Å². The summed E-state index contributed by atoms with van der Waals surface area (Å²) in [4.78, 5) is 41.1. The highest BCUT2D eigenvalue weighted by molar-refractivity contribution is 5.87. The Morgan fingerprint density at radius 1 is 1.14 bits per heavy atom. The summed E-state index contributed by atoms with van der Waals surface area (Å²) in [5, 5.41) is 16.1. The first-order valence-electron chi connectivity index (χ1n) is 10.8. The van der Waals surface area contributed by atoms with Gasteiger partial charge in [-0.1, -0.05) is 32.0 Å². The minimum Gasteiger partial charge on any atom is -0.487 e. The fourth-order valence-corrected chi connectivity index (χ4v) is 3.43. The number of pyridine rings is 1. The molecule has 1 aliphatic rings. The number of amides is 3. The second-order valence-electron chi connectivity index (χ2n) is 8.12. The molecule has 0 saturated carbocycles. The average Bonchev–Trinajstić information content (AvgIpc) is 3.18. The molecule has 0 spiro atoms. The Morgan fingerprint density at radius 2 is 1.78 bits per heavy atom. The quantitative estimate of drug-likeness (QED) is 0.366. The topological polar surface area (TPSA) is 132 Å². The molecule has 0 radical (unpaired) electrons. The second kappa shape index (κ2) is 12.7. The molecule has 1 saturated heterocycles. The molecule has 196 valence electrons. The number of carboxylic acids is 1. The van der Waals surface area contributed by atoms with E-state index in [0.29, 0.717) is 26.2 Å². The zero-order valence-corrected chi connectivity index (χ0v) is 19.6. The van der Waals surface area contributed by atoms with Gasteiger partial charge in [0.05, 0.1) is 5.69 Å². The highest BCUT2D eigenvalue weighted by atomic mass is 19.4. The SMILES string of the molecule is CC(C)C(C(=O)NO)N1CCN(Cc2ccc(OCc3ccccn3)cc2)C1=O.O=C(O)C(F)(F)F. The number of carbonyl (C=O) groups is 3. The summed E-state index contributed by atoms with van der Waals surface area (Å²) in [7, 11) is 0. The van der Waals surface area contributed by atoms with Crippen LogP contribution in [0.4, 0.5) is 18.0 Å². The number of nitrogens with zero attached hydrogens (tertiary/aromatic N) is 3. The van der Waals surface area contributed by atoms with Gasteiger partial charge in [0.1, 0.15) is 18.4 Å². The van der Waals surface area contributed by atoms with Gasteiger partial charge in [-0.15, -0.1) is 0 Å². The number of alkyl halides is 3. The van der Waals surface area contributed by atoms with Crippen LogP contribution in [0.25, 0.3) is 0 Å². The van der Waals surface area contributed by atoms with Crippen LogP contribution < -0.4 is 10.2 Å². The molecule has 1 unspecified atom stereocenters. The summed E-state index contributed by atoms with van der Waals surface area (Å²) >= 11 is 0. The Hall–Kier alpha value is -3.87. The van der Waals surface area contributed by atoms with Crippen LogP contribution in [0.5, 0.6) is 5.75 Å². The van der Waals surface area contributed by atoms with Crippen molar-refractivity contribution in [3.63, 3.8) is 0 Å². The molecule has 1 atom stereocenters. The van der Waals surface area contributed by atoms with Crippen molar-refractivity contribution in [3.05, 3.63) is 59.9 Å². The monoisotopic (exact) mass is 512 g/mol. The molecule has 3 N–H and O–H groups in total. The van der Waals surface area contributed by atoms with Gasteiger partial charge in [-0.05, 0) is 35.7 Å². The maximum atomic E-state index is 12.8. The predicted molar refractivity (Wildman–Crippen MR) is 120 cm³/mol. The van der Waals surface area contributed by atoms with Crippen molar-refractivity contribution in [2.45, 2.75) is 39.2 Å². The van der Waals surface area contributed by atoms with E-state index in [9.17, 15) is 22.8 Å². The molecule has 2 heterocycles. The highest BCUT2D eigenvalue weighted by Crippen LogP contribution is 2.21. The Labute approximate surface area is 205 Å². The molecule has 1 aromatic heterocycles. The van der Waals surface area contributed by atoms with E-state index in [0.717, 1.165) is 17.0 Å². The van der Waals surface area contributed by atoms with Crippen molar-refractivity contribution in [1.82, 2.24) is 20.3 Å². The maximum absolute atomic E-state index is 12.8. The van der Waals surface area contributed by atoms with E-state index in [-0.39, 0.29) is 11.9 Å². The minimum atomic E-state index is -5.08. The van der Waals surface area contributed by atoms with E-state index in [1.807, 2.05) is 56.3 Å². The number of carboxylic acid groups (broad SMARTS) is 1. The van der Waals surface area contributed by atoms with Crippen molar-refractivity contribution in [3.8, 4) is 5.75 Å². The van der Waals surface area contributed by atoms with Crippen molar-refractivity contribution in [1.29, 1.82) is 0 Å². The number of halogens is 3. The number of hydrogen-bond acceptors (Lipinski definition) is 6. The van der Waals surface area contributed by atoms with Gasteiger partial charge in [0.25, 0.3) is 5.91 Å². The van der Waals surface area contributed by atoms with Gasteiger partial charge >= 0.3 is 18.2 Å². The molecule has 3 amide bonds. The van der Waals surface area contributed by atoms with Crippen LogP contribution in [0, 0.1) is 5.92 Å². The van der Waals surface area contributed by atoms with Crippen molar-refractivity contribution in [2.24, 2.45) is 5.92 Å². The van der Waals surface area contributed by atoms with E-state index in [1.165, 1.54) is 4.90 Å². The lowest BCUT2D eigenvalue weighted by Crippen LogP contribution is -2.50. The molecule has 36 heavy (non-hydrogen) atoms. The standard InChI is InChI=1S/C21H26N4O4.C2HF3O2/c1-15(2)19(20(26)23-28)25-12-11-24(21(25)27)13-16-6-8-18(9-7-16)29-14-17-5-3-4-10-22-17;3-2(4,5)1(6)7/h3-10,15,19,28H,11-14H2,1-2H3,(H,23,26);(H,6,7). The van der Waals surface area contributed by atoms with Gasteiger partial charge in [-0.2, -0.15) is 13.2 Å². The summed E-state index contributed by atoms with van der Waals surface area (Å²) < 4.78 is 37.5. The van der Waals surface area contributed by atoms with E-state index in [4.69, 9.17) is 19.8 Å². The molecule has 13 heteroatoms. The van der Waals surface area contributed by atoms with Gasteiger partial charge in [-0.3, -0.25) is 15.0 Å². The molecule has 0 bridgehead atoms. The number of hydrogen-bond donors (Lipinski definition) is 3. The number of rotatable bonds is 8. The van der Waals surface area contributed by atoms with E-state index in [1.54, 1.807) is 16.6 Å². The van der Waals surface area contributed by atoms with Crippen LogP contribution >= 0.6 is 0 Å². The van der Waals surface area contributed by atoms with E-state index < -0.39 is 24.1 Å². The molecule has 1 fully saturated rings. The zero-order chi connectivity index (χ0) is 26.9. The minimum absolute atomic E-state index is 0.110. The molecule has 3 rings (SSSR count). The lowest BCUT2D eigenvalue weighted by Gasteiger charge is -2.29. The van der Waals surface area contributed by atoms with E-state index in [2.05, 4.69) is 4.98 Å². The van der Waals surface area contributed by atoms with Gasteiger partial charge < -0.3 is 19.6 Å². The summed E-state index contributed by atoms with van der Waals surface area (Å²) in [5.41, 5.74) is 3.49. The van der Waals surface area contributed by atoms with Crippen LogP contribution in [-0.4, -0.2) is 68.3 Å². The summed E-state index contributed by atoms with van der Waals surface area (Å²) in [5.74, 6) is -2.70. The number of hydroxylamine groups is 1. The van der Waals surface area contributed by atoms with Gasteiger partial charge in [0.2, 0.25) is 0 Å². The van der Waals surface area contributed by atoms with Crippen LogP contribution in [-0.2, 0) is 22.7 Å². The molecule has 0 aliphatic carbocycles. The number of aliphatic carboxylic acids is 1. The first-order valence-corrected chi connectivity index (χ1v) is 10.8. The molecule has 2 aromatic rings. The highest BCUT2D eigenvalue weighted by Gasteiger charge is 2.39. The average molecular weight is 512 g/mol. The maximum Gasteiger partial charge on any atom is 0.490 e. The zero-order valence-electron chi connectivity index (χ0n) is 19.6. The molecule has 1 aliphatic heterocycles. The number of benzene rings is 1. The lowest BCUT2D eigenvalue weighted by molar-refractivity contribution is -0.192. The summed E-state index contributed by atoms with van der Waals surface area (Å²) in [6.07, 6.45) is -3.35. The lowest BCUT2D eigenvalue weighted by atomic mass is 10.0. The van der Waals surface area contributed by atoms with Crippen LogP contribution in [0.1, 0.15) is 25.1 Å². The number of aromatic nitrogens is 1. The first kappa shape index (κ1) is 28.4. The molecule has 10 nitrogen and oxygen atoms in total. The van der Waals surface area contributed by atoms with Crippen molar-refractivity contribution >= 4 is 17.9 Å². The fraction of sp³-hybridized carbons (Fsp3) is 0.391. The van der Waals surface area contributed by atoms with Gasteiger partial charge in [0.15, 0.2) is 0 Å². The number of ether oxygens (including phenoxy) is 1. The predicted octanol–water partition coefficient (Wildman–Crippen LogP) is 3.06. The Balaban J connectivity index is 0.000000572. The van der Waals surface area contributed by atoms with Crippen LogP contribution in [0.2, 0.25) is 0 Å². The van der Waals surface area contributed by atoms with Crippen molar-refractivity contribution in [2.75, 3.05) is 13.1 Å². The van der Waals surface area contributed by atoms with Crippen LogP contribution in [0.15, 0.2) is 48.7 Å². The molecule has 1 aromatic carbocycles. The molecular formula is C23H27F3N4O6. The fourth-order valence-electron chi connectivity index (χ4n) is 3.43. The third-order valence-corrected chi connectivity index (χ3v) is 5.13. The molecular weight excluding hydrogens is 485 g/mol. The van der Waals surface area contributed by atoms with Gasteiger partial charge in [0, 0.05) is 25.8 Å². The third-order valence-electron chi connectivity index (χ3n) is 5.13. The second-order valence-corrected chi connectivity index (χ2v) is 8.12. The smallest absolute Gasteiger partial charge is 0.487 e. The van der Waals surface area contributed by atoms with E-state index >= 15 is 0 Å². The number of carbonyl (C=O) groups excluding carboxylic acids is 2. The first-order chi connectivity index (χ1) is 16.9. The third kappa shape index (κ3) is 8.12. The largest absolute Gasteiger partial charge is 0.490 e. The Kier molecular flexibility index (Phi) is 10.0.